The number of phenolic OH excluding ortho intramolecular Hbond substituents is 1. The topological polar surface area (TPSA) is 71.4 Å². The van der Waals surface area contributed by atoms with Gasteiger partial charge in [0.05, 0.1) is 6.04 Å². The summed E-state index contributed by atoms with van der Waals surface area (Å²) in [5.74, 6) is 2.25. The van der Waals surface area contributed by atoms with Gasteiger partial charge in [-0.2, -0.15) is 0 Å². The summed E-state index contributed by atoms with van der Waals surface area (Å²) in [6.07, 6.45) is 2.72. The van der Waals surface area contributed by atoms with Gasteiger partial charge in [0.1, 0.15) is 23.1 Å². The SMILES string of the molecule is CN1/C(=N\P(=O)(Oc2ccccc2)Oc2ccccc2)Cc2ccc(O)cc2C1C1CC1. The second-order valence-electron chi connectivity index (χ2n) is 8.25. The highest BCUT2D eigenvalue weighted by atomic mass is 31.2. The maximum Gasteiger partial charge on any atom is 0.564 e. The zero-order valence-electron chi connectivity index (χ0n) is 17.8. The van der Waals surface area contributed by atoms with Gasteiger partial charge in [0.2, 0.25) is 0 Å². The number of amidine groups is 1. The number of aromatic hydroxyl groups is 1. The Bertz CT molecular complexity index is 1130. The second kappa shape index (κ2) is 8.36. The molecule has 1 fully saturated rings. The number of nitrogens with zero attached hydrogens (tertiary/aromatic N) is 2. The molecule has 0 aromatic heterocycles. The zero-order valence-corrected chi connectivity index (χ0v) is 18.7. The van der Waals surface area contributed by atoms with Crippen LogP contribution in [0.1, 0.15) is 30.0 Å². The van der Waals surface area contributed by atoms with E-state index in [-0.39, 0.29) is 11.8 Å². The van der Waals surface area contributed by atoms with Gasteiger partial charge in [0, 0.05) is 13.5 Å². The lowest BCUT2D eigenvalue weighted by Gasteiger charge is -2.37. The van der Waals surface area contributed by atoms with Crippen molar-refractivity contribution in [3.63, 3.8) is 0 Å². The van der Waals surface area contributed by atoms with E-state index in [0.717, 1.165) is 24.0 Å². The first kappa shape index (κ1) is 20.7. The Morgan fingerprint density at radius 3 is 2.09 bits per heavy atom. The lowest BCUT2D eigenvalue weighted by molar-refractivity contribution is 0.318. The molecule has 1 heterocycles. The lowest BCUT2D eigenvalue weighted by Crippen LogP contribution is -2.38. The molecule has 164 valence electrons. The standard InChI is InChI=1S/C25H25N2O4P/c1-27-24(16-19-14-15-20(28)17-23(19)25(27)18-12-13-18)26-32(29,30-21-8-4-2-5-9-21)31-22-10-6-3-7-11-22/h2-11,14-15,17-18,25,28H,12-13,16H2,1H3/b26-24-. The van der Waals surface area contributed by atoms with E-state index in [9.17, 15) is 9.67 Å². The first-order valence-electron chi connectivity index (χ1n) is 10.7. The molecule has 7 heteroatoms. The number of likely N-dealkylation sites (N-methyl/N-ethyl adjacent to an activating group) is 1. The Balaban J connectivity index is 1.54. The van der Waals surface area contributed by atoms with Crippen LogP contribution in [0, 0.1) is 5.92 Å². The van der Waals surface area contributed by atoms with Gasteiger partial charge >= 0.3 is 7.75 Å². The van der Waals surface area contributed by atoms with Crippen molar-refractivity contribution < 1.29 is 18.7 Å². The molecule has 1 aliphatic heterocycles. The van der Waals surface area contributed by atoms with Crippen LogP contribution in [0.3, 0.4) is 0 Å². The zero-order chi connectivity index (χ0) is 22.1. The third kappa shape index (κ3) is 4.37. The van der Waals surface area contributed by atoms with Crippen molar-refractivity contribution in [2.24, 2.45) is 10.7 Å². The molecule has 1 saturated carbocycles. The predicted molar refractivity (Wildman–Crippen MR) is 124 cm³/mol. The summed E-state index contributed by atoms with van der Waals surface area (Å²) < 4.78 is 30.2. The van der Waals surface area contributed by atoms with Gasteiger partial charge < -0.3 is 19.1 Å². The minimum atomic E-state index is -3.93. The fourth-order valence-corrected chi connectivity index (χ4v) is 5.59. The molecule has 1 unspecified atom stereocenters. The quantitative estimate of drug-likeness (QED) is 0.469. The molecule has 0 radical (unpaired) electrons. The summed E-state index contributed by atoms with van der Waals surface area (Å²) >= 11 is 0. The predicted octanol–water partition coefficient (Wildman–Crippen LogP) is 6.00. The third-order valence-corrected chi connectivity index (χ3v) is 7.21. The van der Waals surface area contributed by atoms with Crippen molar-refractivity contribution in [1.29, 1.82) is 0 Å². The van der Waals surface area contributed by atoms with Gasteiger partial charge in [0.25, 0.3) is 0 Å². The summed E-state index contributed by atoms with van der Waals surface area (Å²) in [6.45, 7) is 0. The van der Waals surface area contributed by atoms with Gasteiger partial charge in [-0.25, -0.2) is 4.57 Å². The smallest absolute Gasteiger partial charge is 0.508 e. The van der Waals surface area contributed by atoms with E-state index in [2.05, 4.69) is 9.66 Å². The molecule has 1 atom stereocenters. The Labute approximate surface area is 187 Å². The van der Waals surface area contributed by atoms with Gasteiger partial charge in [0.15, 0.2) is 0 Å². The second-order valence-corrected chi connectivity index (χ2v) is 9.75. The molecule has 32 heavy (non-hydrogen) atoms. The summed E-state index contributed by atoms with van der Waals surface area (Å²) in [5.41, 5.74) is 2.18. The number of phenols is 1. The van der Waals surface area contributed by atoms with Crippen molar-refractivity contribution in [2.75, 3.05) is 7.05 Å². The third-order valence-electron chi connectivity index (χ3n) is 5.86. The van der Waals surface area contributed by atoms with Gasteiger partial charge in [-0.1, -0.05) is 42.5 Å². The largest absolute Gasteiger partial charge is 0.564 e. The van der Waals surface area contributed by atoms with Crippen LogP contribution in [0.5, 0.6) is 17.2 Å². The fraction of sp³-hybridized carbons (Fsp3) is 0.240. The van der Waals surface area contributed by atoms with Gasteiger partial charge in [-0.15, -0.1) is 4.76 Å². The van der Waals surface area contributed by atoms with E-state index >= 15 is 0 Å². The molecule has 1 N–H and O–H groups in total. The minimum absolute atomic E-state index is 0.0755. The Hall–Kier alpha value is -3.24. The summed E-state index contributed by atoms with van der Waals surface area (Å²) in [5, 5.41) is 10.0. The average molecular weight is 448 g/mol. The van der Waals surface area contributed by atoms with Crippen LogP contribution in [-0.2, 0) is 11.0 Å². The van der Waals surface area contributed by atoms with Crippen molar-refractivity contribution >= 4 is 13.6 Å². The number of rotatable bonds is 6. The summed E-state index contributed by atoms with van der Waals surface area (Å²) in [7, 11) is -1.97. The number of hydrogen-bond donors (Lipinski definition) is 1. The normalized spacial score (nSPS) is 19.5. The number of fused-ring (bicyclic) bond motifs is 1. The van der Waals surface area contributed by atoms with Gasteiger partial charge in [-0.3, -0.25) is 0 Å². The molecule has 5 rings (SSSR count). The van der Waals surface area contributed by atoms with E-state index in [1.165, 1.54) is 0 Å². The van der Waals surface area contributed by atoms with E-state index in [1.807, 2.05) is 55.6 Å². The molecule has 3 aromatic carbocycles. The number of benzene rings is 3. The van der Waals surface area contributed by atoms with Crippen LogP contribution in [0.2, 0.25) is 0 Å². The molecular formula is C25H25N2O4P. The van der Waals surface area contributed by atoms with E-state index < -0.39 is 7.75 Å². The van der Waals surface area contributed by atoms with Crippen LogP contribution in [0.15, 0.2) is 83.6 Å². The average Bonchev–Trinajstić information content (AvgIpc) is 3.61. The Morgan fingerprint density at radius 1 is 0.938 bits per heavy atom. The maximum absolute atomic E-state index is 13.9. The van der Waals surface area contributed by atoms with E-state index in [0.29, 0.717) is 29.7 Å². The lowest BCUT2D eigenvalue weighted by atomic mass is 9.89. The molecule has 6 nitrogen and oxygen atoms in total. The number of hydrogen-bond acceptors (Lipinski definition) is 4. The van der Waals surface area contributed by atoms with Crippen LogP contribution < -0.4 is 9.05 Å². The van der Waals surface area contributed by atoms with Crippen LogP contribution in [-0.4, -0.2) is 22.9 Å². The van der Waals surface area contributed by atoms with Crippen molar-refractivity contribution in [3.8, 4) is 17.2 Å². The van der Waals surface area contributed by atoms with Crippen molar-refractivity contribution in [2.45, 2.75) is 25.3 Å². The highest BCUT2D eigenvalue weighted by Crippen LogP contribution is 2.53. The van der Waals surface area contributed by atoms with Crippen LogP contribution in [0.4, 0.5) is 0 Å². The van der Waals surface area contributed by atoms with Crippen molar-refractivity contribution in [1.82, 2.24) is 4.90 Å². The number of para-hydroxylation sites is 2. The summed E-state index contributed by atoms with van der Waals surface area (Å²) in [6, 6.07) is 23.4. The molecule has 0 spiro atoms. The Morgan fingerprint density at radius 2 is 1.53 bits per heavy atom. The highest BCUT2D eigenvalue weighted by Gasteiger charge is 2.41. The fourth-order valence-electron chi connectivity index (χ4n) is 4.20. The molecule has 1 aliphatic carbocycles. The van der Waals surface area contributed by atoms with Crippen LogP contribution >= 0.6 is 7.75 Å². The van der Waals surface area contributed by atoms with Gasteiger partial charge in [-0.05, 0) is 66.3 Å². The van der Waals surface area contributed by atoms with Crippen molar-refractivity contribution in [3.05, 3.63) is 90.0 Å². The minimum Gasteiger partial charge on any atom is -0.508 e. The molecule has 2 aliphatic rings. The van der Waals surface area contributed by atoms with Crippen LogP contribution in [0.25, 0.3) is 0 Å². The first-order valence-corrected chi connectivity index (χ1v) is 12.2. The maximum atomic E-state index is 13.9. The molecule has 3 aromatic rings. The molecule has 0 saturated heterocycles. The monoisotopic (exact) mass is 448 g/mol. The molecular weight excluding hydrogens is 423 g/mol. The Kier molecular flexibility index (Phi) is 5.40. The molecule has 0 bridgehead atoms. The van der Waals surface area contributed by atoms with E-state index in [4.69, 9.17) is 9.05 Å². The molecule has 0 amide bonds. The summed E-state index contributed by atoms with van der Waals surface area (Å²) in [4.78, 5) is 2.06. The van der Waals surface area contributed by atoms with E-state index in [1.54, 1.807) is 30.3 Å². The highest BCUT2D eigenvalue weighted by molar-refractivity contribution is 7.53. The first-order chi connectivity index (χ1) is 15.5.